The van der Waals surface area contributed by atoms with Crippen LogP contribution >= 0.6 is 0 Å². The number of piperidine rings is 1. The van der Waals surface area contributed by atoms with E-state index in [1.807, 2.05) is 6.07 Å². The van der Waals surface area contributed by atoms with Crippen LogP contribution < -0.4 is 5.73 Å². The Balaban J connectivity index is 1.99. The summed E-state index contributed by atoms with van der Waals surface area (Å²) in [5.41, 5.74) is 7.10. The topological polar surface area (TPSA) is 29.3 Å². The number of benzene rings is 1. The summed E-state index contributed by atoms with van der Waals surface area (Å²) in [6.45, 7) is 4.19. The van der Waals surface area contributed by atoms with E-state index in [-0.39, 0.29) is 11.9 Å². The van der Waals surface area contributed by atoms with E-state index < -0.39 is 0 Å². The van der Waals surface area contributed by atoms with E-state index in [2.05, 4.69) is 11.8 Å². The first-order valence-electron chi connectivity index (χ1n) is 6.95. The van der Waals surface area contributed by atoms with Crippen LogP contribution in [0.4, 0.5) is 4.39 Å². The van der Waals surface area contributed by atoms with E-state index in [9.17, 15) is 4.39 Å². The van der Waals surface area contributed by atoms with Gasteiger partial charge in [-0.15, -0.1) is 0 Å². The van der Waals surface area contributed by atoms with Gasteiger partial charge in [0.05, 0.1) is 0 Å². The zero-order chi connectivity index (χ0) is 13.0. The van der Waals surface area contributed by atoms with Gasteiger partial charge in [-0.2, -0.15) is 0 Å². The molecule has 1 aromatic carbocycles. The molecule has 0 bridgehead atoms. The van der Waals surface area contributed by atoms with Gasteiger partial charge >= 0.3 is 0 Å². The zero-order valence-electron chi connectivity index (χ0n) is 11.1. The highest BCUT2D eigenvalue weighted by molar-refractivity contribution is 5.20. The average Bonchev–Trinajstić information content (AvgIpc) is 2.39. The van der Waals surface area contributed by atoms with Crippen molar-refractivity contribution in [3.8, 4) is 0 Å². The van der Waals surface area contributed by atoms with Crippen LogP contribution in [0.3, 0.4) is 0 Å². The van der Waals surface area contributed by atoms with E-state index in [4.69, 9.17) is 5.73 Å². The van der Waals surface area contributed by atoms with Gasteiger partial charge in [-0.3, -0.25) is 4.90 Å². The minimum Gasteiger partial charge on any atom is -0.323 e. The fraction of sp³-hybridized carbons (Fsp3) is 0.600. The molecule has 18 heavy (non-hydrogen) atoms. The molecular weight excluding hydrogens is 227 g/mol. The van der Waals surface area contributed by atoms with E-state index in [0.29, 0.717) is 6.04 Å². The highest BCUT2D eigenvalue weighted by Crippen LogP contribution is 2.22. The zero-order valence-corrected chi connectivity index (χ0v) is 11.1. The number of halogens is 1. The van der Waals surface area contributed by atoms with Crippen LogP contribution in [-0.2, 0) is 0 Å². The Hall–Kier alpha value is -0.930. The summed E-state index contributed by atoms with van der Waals surface area (Å²) in [7, 11) is 0. The molecule has 0 radical (unpaired) electrons. The average molecular weight is 250 g/mol. The second-order valence-electron chi connectivity index (χ2n) is 5.21. The maximum atomic E-state index is 13.2. The van der Waals surface area contributed by atoms with Crippen LogP contribution in [0.1, 0.15) is 44.2 Å². The summed E-state index contributed by atoms with van der Waals surface area (Å²) in [6, 6.07) is 7.23. The van der Waals surface area contributed by atoms with Gasteiger partial charge in [0, 0.05) is 18.6 Å². The van der Waals surface area contributed by atoms with Crippen LogP contribution in [0.5, 0.6) is 0 Å². The lowest BCUT2D eigenvalue weighted by Gasteiger charge is -2.36. The van der Waals surface area contributed by atoms with Crippen molar-refractivity contribution in [1.82, 2.24) is 4.90 Å². The Bertz CT molecular complexity index is 381. The van der Waals surface area contributed by atoms with Crippen molar-refractivity contribution in [2.45, 2.75) is 44.7 Å². The van der Waals surface area contributed by atoms with Crippen molar-refractivity contribution in [2.75, 3.05) is 13.1 Å². The number of likely N-dealkylation sites (tertiary alicyclic amines) is 1. The predicted molar refractivity (Wildman–Crippen MR) is 72.8 cm³/mol. The first-order valence-corrected chi connectivity index (χ1v) is 6.95. The number of nitrogens with zero attached hydrogens (tertiary/aromatic N) is 1. The van der Waals surface area contributed by atoms with Crippen LogP contribution in [-0.4, -0.2) is 24.0 Å². The third-order valence-electron chi connectivity index (χ3n) is 3.93. The van der Waals surface area contributed by atoms with Gasteiger partial charge in [-0.1, -0.05) is 25.5 Å². The van der Waals surface area contributed by atoms with Gasteiger partial charge in [0.2, 0.25) is 0 Å². The van der Waals surface area contributed by atoms with Crippen molar-refractivity contribution in [3.05, 3.63) is 35.6 Å². The summed E-state index contributed by atoms with van der Waals surface area (Å²) in [6.07, 6.45) is 5.03. The molecule has 0 aromatic heterocycles. The fourth-order valence-corrected chi connectivity index (χ4v) is 2.86. The molecule has 1 aromatic rings. The maximum absolute atomic E-state index is 13.2. The third-order valence-corrected chi connectivity index (χ3v) is 3.93. The largest absolute Gasteiger partial charge is 0.323 e. The summed E-state index contributed by atoms with van der Waals surface area (Å²) < 4.78 is 13.2. The monoisotopic (exact) mass is 250 g/mol. The normalized spacial score (nSPS) is 22.9. The summed E-state index contributed by atoms with van der Waals surface area (Å²) >= 11 is 0. The van der Waals surface area contributed by atoms with Crippen LogP contribution in [0.25, 0.3) is 0 Å². The van der Waals surface area contributed by atoms with Crippen molar-refractivity contribution in [2.24, 2.45) is 5.73 Å². The van der Waals surface area contributed by atoms with Crippen LogP contribution in [0, 0.1) is 5.82 Å². The molecule has 2 N–H and O–H groups in total. The molecule has 0 spiro atoms. The summed E-state index contributed by atoms with van der Waals surface area (Å²) in [5.74, 6) is -0.200. The van der Waals surface area contributed by atoms with Crippen molar-refractivity contribution in [3.63, 3.8) is 0 Å². The standard InChI is InChI=1S/C15H23FN2/c1-2-14-8-3-4-9-18(14)11-15(17)12-6-5-7-13(16)10-12/h5-7,10,14-15H,2-4,8-9,11,17H2,1H3. The second-order valence-corrected chi connectivity index (χ2v) is 5.21. The Morgan fingerprint density at radius 3 is 3.00 bits per heavy atom. The van der Waals surface area contributed by atoms with Gasteiger partial charge in [-0.05, 0) is 43.5 Å². The molecule has 0 amide bonds. The maximum Gasteiger partial charge on any atom is 0.123 e. The van der Waals surface area contributed by atoms with E-state index in [1.165, 1.54) is 31.7 Å². The van der Waals surface area contributed by atoms with E-state index in [1.54, 1.807) is 12.1 Å². The number of hydrogen-bond donors (Lipinski definition) is 1. The first-order chi connectivity index (χ1) is 8.70. The van der Waals surface area contributed by atoms with Gasteiger partial charge in [0.25, 0.3) is 0 Å². The Kier molecular flexibility index (Phi) is 4.72. The molecule has 1 aliphatic rings. The van der Waals surface area contributed by atoms with Crippen molar-refractivity contribution in [1.29, 1.82) is 0 Å². The molecule has 2 rings (SSSR count). The van der Waals surface area contributed by atoms with Gasteiger partial charge in [0.15, 0.2) is 0 Å². The molecule has 1 aliphatic heterocycles. The molecule has 2 nitrogen and oxygen atoms in total. The molecule has 0 saturated carbocycles. The van der Waals surface area contributed by atoms with Crippen LogP contribution in [0.2, 0.25) is 0 Å². The number of rotatable bonds is 4. The molecule has 3 heteroatoms. The minimum atomic E-state index is -0.200. The first kappa shape index (κ1) is 13.5. The smallest absolute Gasteiger partial charge is 0.123 e. The predicted octanol–water partition coefficient (Wildman–Crippen LogP) is 3.09. The number of hydrogen-bond acceptors (Lipinski definition) is 2. The molecule has 1 heterocycles. The highest BCUT2D eigenvalue weighted by atomic mass is 19.1. The van der Waals surface area contributed by atoms with E-state index >= 15 is 0 Å². The quantitative estimate of drug-likeness (QED) is 0.889. The lowest BCUT2D eigenvalue weighted by atomic mass is 9.98. The Labute approximate surface area is 109 Å². The molecule has 1 fully saturated rings. The molecule has 2 atom stereocenters. The van der Waals surface area contributed by atoms with Gasteiger partial charge in [0.1, 0.15) is 5.82 Å². The molecule has 0 aliphatic carbocycles. The Morgan fingerprint density at radius 1 is 1.44 bits per heavy atom. The Morgan fingerprint density at radius 2 is 2.28 bits per heavy atom. The third kappa shape index (κ3) is 3.30. The van der Waals surface area contributed by atoms with Crippen LogP contribution in [0.15, 0.2) is 24.3 Å². The van der Waals surface area contributed by atoms with Gasteiger partial charge in [-0.25, -0.2) is 4.39 Å². The lowest BCUT2D eigenvalue weighted by molar-refractivity contribution is 0.135. The van der Waals surface area contributed by atoms with E-state index in [0.717, 1.165) is 18.7 Å². The van der Waals surface area contributed by atoms with Crippen molar-refractivity contribution >= 4 is 0 Å². The molecule has 2 unspecified atom stereocenters. The summed E-state index contributed by atoms with van der Waals surface area (Å²) in [5, 5.41) is 0. The summed E-state index contributed by atoms with van der Waals surface area (Å²) in [4.78, 5) is 2.47. The minimum absolute atomic E-state index is 0.0900. The molecular formula is C15H23FN2. The van der Waals surface area contributed by atoms with Crippen molar-refractivity contribution < 1.29 is 4.39 Å². The number of nitrogens with two attached hydrogens (primary N) is 1. The molecule has 100 valence electrons. The highest BCUT2D eigenvalue weighted by Gasteiger charge is 2.22. The lowest BCUT2D eigenvalue weighted by Crippen LogP contribution is -2.43. The molecule has 1 saturated heterocycles. The van der Waals surface area contributed by atoms with Gasteiger partial charge < -0.3 is 5.73 Å². The second kappa shape index (κ2) is 6.30. The fourth-order valence-electron chi connectivity index (χ4n) is 2.86. The SMILES string of the molecule is CCC1CCCCN1CC(N)c1cccc(F)c1.